The first-order chi connectivity index (χ1) is 4.93. The van der Waals surface area contributed by atoms with Crippen molar-refractivity contribution in [2.45, 2.75) is 4.90 Å². The van der Waals surface area contributed by atoms with Gasteiger partial charge in [-0.25, -0.2) is 0 Å². The van der Waals surface area contributed by atoms with E-state index in [-0.39, 0.29) is 24.8 Å². The Labute approximate surface area is 89.9 Å². The average molecular weight is 226 g/mol. The number of rotatable bonds is 3. The lowest BCUT2D eigenvalue weighted by Gasteiger charge is -1.96. The van der Waals surface area contributed by atoms with Gasteiger partial charge in [-0.1, -0.05) is 18.2 Å². The fourth-order valence-electron chi connectivity index (χ4n) is 0.693. The molecule has 1 nitrogen and oxygen atoms in total. The molecule has 0 bridgehead atoms. The molecule has 12 heavy (non-hydrogen) atoms. The lowest BCUT2D eigenvalue weighted by molar-refractivity contribution is 1.15. The summed E-state index contributed by atoms with van der Waals surface area (Å²) >= 11 is 1.80. The van der Waals surface area contributed by atoms with Gasteiger partial charge in [0, 0.05) is 17.2 Å². The Morgan fingerprint density at radius 1 is 1.08 bits per heavy atom. The number of benzene rings is 1. The number of nitrogens with two attached hydrogens (primary N) is 1. The first-order valence-corrected chi connectivity index (χ1v) is 4.30. The van der Waals surface area contributed by atoms with Crippen LogP contribution in [0, 0.1) is 0 Å². The lowest BCUT2D eigenvalue weighted by Crippen LogP contribution is -2.00. The second-order valence-corrected chi connectivity index (χ2v) is 3.12. The third-order valence-corrected chi connectivity index (χ3v) is 2.18. The Kier molecular flexibility index (Phi) is 11.2. The maximum Gasteiger partial charge on any atom is 0.0103 e. The first-order valence-electron chi connectivity index (χ1n) is 3.31. The Morgan fingerprint density at radius 3 is 2.17 bits per heavy atom. The molecule has 0 aliphatic carbocycles. The van der Waals surface area contributed by atoms with Gasteiger partial charge in [0.15, 0.2) is 0 Å². The molecule has 2 N–H and O–H groups in total. The van der Waals surface area contributed by atoms with Crippen LogP contribution in [0.1, 0.15) is 0 Å². The fourth-order valence-corrected chi connectivity index (χ4v) is 1.40. The third kappa shape index (κ3) is 5.72. The molecule has 0 aliphatic rings. The highest BCUT2D eigenvalue weighted by Crippen LogP contribution is 2.15. The predicted octanol–water partition coefficient (Wildman–Crippen LogP) is 2.58. The molecule has 0 saturated heterocycles. The SMILES string of the molecule is Cl.Cl.NCCSc1ccccc1. The Morgan fingerprint density at radius 2 is 1.67 bits per heavy atom. The normalized spacial score (nSPS) is 8.08. The summed E-state index contributed by atoms with van der Waals surface area (Å²) in [5.74, 6) is 1.00. The summed E-state index contributed by atoms with van der Waals surface area (Å²) in [6.07, 6.45) is 0. The smallest absolute Gasteiger partial charge is 0.0103 e. The van der Waals surface area contributed by atoms with E-state index in [2.05, 4.69) is 12.1 Å². The summed E-state index contributed by atoms with van der Waals surface area (Å²) in [5.41, 5.74) is 5.36. The van der Waals surface area contributed by atoms with Gasteiger partial charge in [0.25, 0.3) is 0 Å². The highest BCUT2D eigenvalue weighted by Gasteiger charge is 1.87. The molecule has 0 saturated carbocycles. The molecule has 0 aromatic heterocycles. The minimum Gasteiger partial charge on any atom is -0.330 e. The fraction of sp³-hybridized carbons (Fsp3) is 0.250. The van der Waals surface area contributed by atoms with Crippen LogP contribution in [0.3, 0.4) is 0 Å². The maximum atomic E-state index is 5.36. The van der Waals surface area contributed by atoms with Crippen LogP contribution >= 0.6 is 36.6 Å². The van der Waals surface area contributed by atoms with E-state index in [1.54, 1.807) is 11.8 Å². The third-order valence-electron chi connectivity index (χ3n) is 1.13. The van der Waals surface area contributed by atoms with Crippen molar-refractivity contribution in [2.75, 3.05) is 12.3 Å². The van der Waals surface area contributed by atoms with Gasteiger partial charge in [0.1, 0.15) is 0 Å². The van der Waals surface area contributed by atoms with E-state index in [0.29, 0.717) is 0 Å². The summed E-state index contributed by atoms with van der Waals surface area (Å²) in [6, 6.07) is 10.3. The van der Waals surface area contributed by atoms with Gasteiger partial charge in [-0.2, -0.15) is 0 Å². The Hall–Kier alpha value is 0.110. The van der Waals surface area contributed by atoms with Crippen molar-refractivity contribution in [1.29, 1.82) is 0 Å². The molecule has 1 aromatic rings. The van der Waals surface area contributed by atoms with Crippen molar-refractivity contribution in [2.24, 2.45) is 5.73 Å². The van der Waals surface area contributed by atoms with E-state index in [0.717, 1.165) is 12.3 Å². The monoisotopic (exact) mass is 225 g/mol. The number of hydrogen-bond acceptors (Lipinski definition) is 2. The van der Waals surface area contributed by atoms with Crippen LogP contribution in [0.4, 0.5) is 0 Å². The minimum atomic E-state index is 0. The summed E-state index contributed by atoms with van der Waals surface area (Å²) in [6.45, 7) is 0.750. The molecular formula is C8H13Cl2NS. The second-order valence-electron chi connectivity index (χ2n) is 1.95. The molecule has 4 heteroatoms. The predicted molar refractivity (Wildman–Crippen MR) is 60.7 cm³/mol. The van der Waals surface area contributed by atoms with Crippen LogP contribution in [0.2, 0.25) is 0 Å². The quantitative estimate of drug-likeness (QED) is 0.801. The van der Waals surface area contributed by atoms with E-state index < -0.39 is 0 Å². The van der Waals surface area contributed by atoms with Crippen molar-refractivity contribution in [1.82, 2.24) is 0 Å². The standard InChI is InChI=1S/C8H11NS.2ClH/c9-6-7-10-8-4-2-1-3-5-8;;/h1-5H,6-7,9H2;2*1H. The van der Waals surface area contributed by atoms with Crippen LogP contribution in [0.25, 0.3) is 0 Å². The topological polar surface area (TPSA) is 26.0 Å². The zero-order valence-electron chi connectivity index (χ0n) is 6.60. The maximum absolute atomic E-state index is 5.36. The molecule has 0 spiro atoms. The van der Waals surface area contributed by atoms with Crippen LogP contribution in [-0.2, 0) is 0 Å². The summed E-state index contributed by atoms with van der Waals surface area (Å²) < 4.78 is 0. The molecule has 0 fully saturated rings. The van der Waals surface area contributed by atoms with Crippen molar-refractivity contribution in [3.05, 3.63) is 30.3 Å². The van der Waals surface area contributed by atoms with Crippen molar-refractivity contribution < 1.29 is 0 Å². The van der Waals surface area contributed by atoms with Gasteiger partial charge in [-0.05, 0) is 12.1 Å². The molecular weight excluding hydrogens is 213 g/mol. The second kappa shape index (κ2) is 9.20. The number of thioether (sulfide) groups is 1. The summed E-state index contributed by atoms with van der Waals surface area (Å²) in [7, 11) is 0. The van der Waals surface area contributed by atoms with Gasteiger partial charge in [0.2, 0.25) is 0 Å². The highest BCUT2D eigenvalue weighted by molar-refractivity contribution is 7.99. The van der Waals surface area contributed by atoms with Gasteiger partial charge < -0.3 is 5.73 Å². The molecule has 1 rings (SSSR count). The zero-order chi connectivity index (χ0) is 7.23. The van der Waals surface area contributed by atoms with Gasteiger partial charge in [-0.15, -0.1) is 36.6 Å². The highest BCUT2D eigenvalue weighted by atomic mass is 35.5. The molecule has 0 amide bonds. The van der Waals surface area contributed by atoms with Crippen molar-refractivity contribution in [3.63, 3.8) is 0 Å². The van der Waals surface area contributed by atoms with Crippen molar-refractivity contribution >= 4 is 36.6 Å². The van der Waals surface area contributed by atoms with Crippen LogP contribution in [-0.4, -0.2) is 12.3 Å². The molecule has 0 radical (unpaired) electrons. The van der Waals surface area contributed by atoms with Crippen molar-refractivity contribution in [3.8, 4) is 0 Å². The number of halogens is 2. The molecule has 1 aromatic carbocycles. The van der Waals surface area contributed by atoms with E-state index in [1.807, 2.05) is 18.2 Å². The van der Waals surface area contributed by atoms with E-state index >= 15 is 0 Å². The van der Waals surface area contributed by atoms with Gasteiger partial charge in [0.05, 0.1) is 0 Å². The molecule has 0 aliphatic heterocycles. The van der Waals surface area contributed by atoms with Crippen LogP contribution in [0.5, 0.6) is 0 Å². The van der Waals surface area contributed by atoms with Gasteiger partial charge >= 0.3 is 0 Å². The average Bonchev–Trinajstić information content (AvgIpc) is 2.03. The largest absolute Gasteiger partial charge is 0.330 e. The molecule has 0 unspecified atom stereocenters. The Bertz CT molecular complexity index is 182. The zero-order valence-corrected chi connectivity index (χ0v) is 9.05. The lowest BCUT2D eigenvalue weighted by atomic mass is 10.4. The minimum absolute atomic E-state index is 0. The van der Waals surface area contributed by atoms with E-state index in [4.69, 9.17) is 5.73 Å². The summed E-state index contributed by atoms with van der Waals surface area (Å²) in [4.78, 5) is 1.30. The van der Waals surface area contributed by atoms with Gasteiger partial charge in [-0.3, -0.25) is 0 Å². The molecule has 0 heterocycles. The first kappa shape index (κ1) is 14.6. The van der Waals surface area contributed by atoms with E-state index in [9.17, 15) is 0 Å². The Balaban J connectivity index is 0. The molecule has 0 atom stereocenters. The molecule has 70 valence electrons. The van der Waals surface area contributed by atoms with Crippen LogP contribution in [0.15, 0.2) is 35.2 Å². The van der Waals surface area contributed by atoms with Crippen LogP contribution < -0.4 is 5.73 Å². The summed E-state index contributed by atoms with van der Waals surface area (Å²) in [5, 5.41) is 0. The van der Waals surface area contributed by atoms with E-state index in [1.165, 1.54) is 4.90 Å². The number of hydrogen-bond donors (Lipinski definition) is 1.